The first-order chi connectivity index (χ1) is 10.6. The van der Waals surface area contributed by atoms with Crippen LogP contribution in [0.25, 0.3) is 0 Å². The molecule has 0 unspecified atom stereocenters. The van der Waals surface area contributed by atoms with Crippen LogP contribution in [-0.2, 0) is 9.53 Å². The van der Waals surface area contributed by atoms with E-state index in [1.165, 1.54) is 0 Å². The van der Waals surface area contributed by atoms with Gasteiger partial charge in [0.05, 0.1) is 12.2 Å². The Kier molecular flexibility index (Phi) is 5.81. The van der Waals surface area contributed by atoms with E-state index in [1.54, 1.807) is 29.2 Å². The van der Waals surface area contributed by atoms with Gasteiger partial charge in [-0.15, -0.1) is 0 Å². The topological polar surface area (TPSA) is 55.8 Å². The number of hydrogen-bond acceptors (Lipinski definition) is 4. The molecule has 1 fully saturated rings. The van der Waals surface area contributed by atoms with Gasteiger partial charge in [0.15, 0.2) is 6.61 Å². The van der Waals surface area contributed by atoms with E-state index in [0.29, 0.717) is 23.8 Å². The Morgan fingerprint density at radius 1 is 1.18 bits per heavy atom. The minimum atomic E-state index is -0.484. The highest BCUT2D eigenvalue weighted by atomic mass is 16.5. The Balaban J connectivity index is 1.80. The molecule has 5 nitrogen and oxygen atoms in total. The zero-order valence-electron chi connectivity index (χ0n) is 13.2. The molecule has 0 N–H and O–H groups in total. The molecule has 1 aliphatic rings. The molecule has 0 atom stereocenters. The van der Waals surface area contributed by atoms with E-state index in [2.05, 4.69) is 6.92 Å². The highest BCUT2D eigenvalue weighted by Crippen LogP contribution is 2.16. The fourth-order valence-electron chi connectivity index (χ4n) is 2.41. The molecule has 0 aliphatic carbocycles. The van der Waals surface area contributed by atoms with E-state index in [9.17, 15) is 9.59 Å². The van der Waals surface area contributed by atoms with Crippen molar-refractivity contribution in [2.45, 2.75) is 26.7 Å². The van der Waals surface area contributed by atoms with Crippen LogP contribution in [0.3, 0.4) is 0 Å². The van der Waals surface area contributed by atoms with Crippen molar-refractivity contribution in [2.24, 2.45) is 5.92 Å². The van der Waals surface area contributed by atoms with Crippen molar-refractivity contribution in [1.82, 2.24) is 4.90 Å². The first-order valence-electron chi connectivity index (χ1n) is 7.78. The molecule has 1 aromatic rings. The molecular formula is C17H23NO4. The van der Waals surface area contributed by atoms with Crippen LogP contribution in [0.4, 0.5) is 0 Å². The number of carbonyl (C=O) groups excluding carboxylic acids is 2. The maximum atomic E-state index is 12.0. The lowest BCUT2D eigenvalue weighted by molar-refractivity contribution is -0.135. The Morgan fingerprint density at radius 3 is 2.41 bits per heavy atom. The van der Waals surface area contributed by atoms with Crippen molar-refractivity contribution in [3.63, 3.8) is 0 Å². The summed E-state index contributed by atoms with van der Waals surface area (Å²) in [6.45, 7) is 5.97. The molecule has 0 saturated carbocycles. The molecule has 1 saturated heterocycles. The summed E-state index contributed by atoms with van der Waals surface area (Å²) in [5.74, 6) is 0.765. The molecule has 2 rings (SSSR count). The van der Waals surface area contributed by atoms with E-state index in [1.807, 2.05) is 6.92 Å². The second kappa shape index (κ2) is 7.82. The van der Waals surface area contributed by atoms with Crippen LogP contribution in [0.1, 0.15) is 37.0 Å². The molecule has 1 amide bonds. The van der Waals surface area contributed by atoms with Gasteiger partial charge in [-0.3, -0.25) is 4.79 Å². The normalized spacial score (nSPS) is 15.5. The fraction of sp³-hybridized carbons (Fsp3) is 0.529. The van der Waals surface area contributed by atoms with Gasteiger partial charge in [-0.25, -0.2) is 4.79 Å². The highest BCUT2D eigenvalue weighted by Gasteiger charge is 2.21. The second-order valence-electron chi connectivity index (χ2n) is 5.60. The SMILES string of the molecule is CCOc1ccc(C(=O)OCC(=O)N2CCC(C)CC2)cc1. The van der Waals surface area contributed by atoms with Crippen molar-refractivity contribution in [3.05, 3.63) is 29.8 Å². The number of nitrogens with zero attached hydrogens (tertiary/aromatic N) is 1. The summed E-state index contributed by atoms with van der Waals surface area (Å²) in [7, 11) is 0. The van der Waals surface area contributed by atoms with E-state index in [0.717, 1.165) is 25.9 Å². The average Bonchev–Trinajstić information content (AvgIpc) is 2.54. The summed E-state index contributed by atoms with van der Waals surface area (Å²) in [6.07, 6.45) is 2.02. The van der Waals surface area contributed by atoms with Gasteiger partial charge in [-0.2, -0.15) is 0 Å². The largest absolute Gasteiger partial charge is 0.494 e. The molecule has 22 heavy (non-hydrogen) atoms. The van der Waals surface area contributed by atoms with Gasteiger partial charge >= 0.3 is 5.97 Å². The summed E-state index contributed by atoms with van der Waals surface area (Å²) >= 11 is 0. The average molecular weight is 305 g/mol. The third-order valence-corrected chi connectivity index (χ3v) is 3.86. The first kappa shape index (κ1) is 16.3. The minimum Gasteiger partial charge on any atom is -0.494 e. The molecule has 0 bridgehead atoms. The van der Waals surface area contributed by atoms with Crippen molar-refractivity contribution in [2.75, 3.05) is 26.3 Å². The number of rotatable bonds is 5. The summed E-state index contributed by atoms with van der Waals surface area (Å²) in [5, 5.41) is 0. The molecule has 0 aromatic heterocycles. The molecule has 1 aromatic carbocycles. The van der Waals surface area contributed by atoms with Crippen molar-refractivity contribution in [1.29, 1.82) is 0 Å². The van der Waals surface area contributed by atoms with Gasteiger partial charge in [0.1, 0.15) is 5.75 Å². The van der Waals surface area contributed by atoms with Gasteiger partial charge < -0.3 is 14.4 Å². The number of carbonyl (C=O) groups is 2. The third-order valence-electron chi connectivity index (χ3n) is 3.86. The summed E-state index contributed by atoms with van der Waals surface area (Å²) in [5.41, 5.74) is 0.420. The quantitative estimate of drug-likeness (QED) is 0.784. The molecular weight excluding hydrogens is 282 g/mol. The number of amides is 1. The molecule has 120 valence electrons. The predicted octanol–water partition coefficient (Wildman–Crippen LogP) is 2.50. The Morgan fingerprint density at radius 2 is 1.82 bits per heavy atom. The summed E-state index contributed by atoms with van der Waals surface area (Å²) in [4.78, 5) is 25.7. The maximum absolute atomic E-state index is 12.0. The van der Waals surface area contributed by atoms with Gasteiger partial charge in [0, 0.05) is 13.1 Å². The number of hydrogen-bond donors (Lipinski definition) is 0. The van der Waals surface area contributed by atoms with Crippen LogP contribution in [0.5, 0.6) is 5.75 Å². The number of ether oxygens (including phenoxy) is 2. The van der Waals surface area contributed by atoms with Gasteiger partial charge in [-0.1, -0.05) is 6.92 Å². The lowest BCUT2D eigenvalue weighted by atomic mass is 9.99. The minimum absolute atomic E-state index is 0.119. The Hall–Kier alpha value is -2.04. The molecule has 1 heterocycles. The fourth-order valence-corrected chi connectivity index (χ4v) is 2.41. The Labute approximate surface area is 131 Å². The van der Waals surface area contributed by atoms with Crippen molar-refractivity contribution in [3.8, 4) is 5.75 Å². The van der Waals surface area contributed by atoms with Crippen molar-refractivity contribution < 1.29 is 19.1 Å². The van der Waals surface area contributed by atoms with Gasteiger partial charge in [-0.05, 0) is 49.9 Å². The zero-order valence-corrected chi connectivity index (χ0v) is 13.2. The molecule has 0 spiro atoms. The monoisotopic (exact) mass is 305 g/mol. The number of esters is 1. The van der Waals surface area contributed by atoms with E-state index >= 15 is 0 Å². The van der Waals surface area contributed by atoms with E-state index in [-0.39, 0.29) is 12.5 Å². The molecule has 1 aliphatic heterocycles. The van der Waals surface area contributed by atoms with Gasteiger partial charge in [0.2, 0.25) is 0 Å². The Bertz CT molecular complexity index is 504. The smallest absolute Gasteiger partial charge is 0.338 e. The number of likely N-dealkylation sites (tertiary alicyclic amines) is 1. The van der Waals surface area contributed by atoms with Crippen molar-refractivity contribution >= 4 is 11.9 Å². The second-order valence-corrected chi connectivity index (χ2v) is 5.60. The van der Waals surface area contributed by atoms with Crippen LogP contribution in [0.15, 0.2) is 24.3 Å². The summed E-state index contributed by atoms with van der Waals surface area (Å²) in [6, 6.07) is 6.71. The lowest BCUT2D eigenvalue weighted by Crippen LogP contribution is -2.40. The standard InChI is InChI=1S/C17H23NO4/c1-3-21-15-6-4-14(5-7-15)17(20)22-12-16(19)18-10-8-13(2)9-11-18/h4-7,13H,3,8-12H2,1-2H3. The maximum Gasteiger partial charge on any atom is 0.338 e. The first-order valence-corrected chi connectivity index (χ1v) is 7.78. The third kappa shape index (κ3) is 4.48. The summed E-state index contributed by atoms with van der Waals surface area (Å²) < 4.78 is 10.4. The van der Waals surface area contributed by atoms with E-state index in [4.69, 9.17) is 9.47 Å². The van der Waals surface area contributed by atoms with E-state index < -0.39 is 5.97 Å². The van der Waals surface area contributed by atoms with Crippen LogP contribution < -0.4 is 4.74 Å². The number of piperidine rings is 1. The van der Waals surface area contributed by atoms with Crippen LogP contribution >= 0.6 is 0 Å². The van der Waals surface area contributed by atoms with Crippen LogP contribution in [0.2, 0.25) is 0 Å². The molecule has 0 radical (unpaired) electrons. The highest BCUT2D eigenvalue weighted by molar-refractivity contribution is 5.91. The lowest BCUT2D eigenvalue weighted by Gasteiger charge is -2.30. The van der Waals surface area contributed by atoms with Gasteiger partial charge in [0.25, 0.3) is 5.91 Å². The van der Waals surface area contributed by atoms with Crippen LogP contribution in [-0.4, -0.2) is 43.1 Å². The predicted molar refractivity (Wildman–Crippen MR) is 82.9 cm³/mol. The molecule has 5 heteroatoms. The number of benzene rings is 1. The zero-order chi connectivity index (χ0) is 15.9. The van der Waals surface area contributed by atoms with Crippen LogP contribution in [0, 0.1) is 5.92 Å².